The standard InChI is InChI=1S/C20H16FN5O/c21-15-5-3-12(4-6-15)14-8-16-18(17(27)9-14)19(13-2-1-7-22-10-13)26-20(25-16)23-11-24-26/h1-7,10-11,14,19H,8-9H2,(H,23,24,25). The second-order valence-electron chi connectivity index (χ2n) is 6.81. The molecule has 0 saturated heterocycles. The zero-order valence-corrected chi connectivity index (χ0v) is 14.3. The first-order valence-electron chi connectivity index (χ1n) is 8.79. The van der Waals surface area contributed by atoms with Crippen LogP contribution in [0.15, 0.2) is 66.4 Å². The molecule has 0 bridgehead atoms. The maximum Gasteiger partial charge on any atom is 0.226 e. The number of pyridine rings is 1. The highest BCUT2D eigenvalue weighted by Crippen LogP contribution is 2.43. The monoisotopic (exact) mass is 361 g/mol. The van der Waals surface area contributed by atoms with Gasteiger partial charge in [-0.05, 0) is 41.7 Å². The first-order chi connectivity index (χ1) is 13.2. The fourth-order valence-electron chi connectivity index (χ4n) is 3.97. The smallest absolute Gasteiger partial charge is 0.226 e. The van der Waals surface area contributed by atoms with Crippen molar-refractivity contribution >= 4 is 11.7 Å². The predicted molar refractivity (Wildman–Crippen MR) is 96.4 cm³/mol. The van der Waals surface area contributed by atoms with Gasteiger partial charge in [-0.15, -0.1) is 0 Å². The lowest BCUT2D eigenvalue weighted by Crippen LogP contribution is -2.33. The molecule has 1 aromatic carbocycles. The molecular weight excluding hydrogens is 345 g/mol. The lowest BCUT2D eigenvalue weighted by molar-refractivity contribution is -0.116. The van der Waals surface area contributed by atoms with Crippen molar-refractivity contribution in [2.75, 3.05) is 5.32 Å². The quantitative estimate of drug-likeness (QED) is 0.759. The molecule has 1 aliphatic carbocycles. The molecule has 0 fully saturated rings. The normalized spacial score (nSPS) is 21.4. The van der Waals surface area contributed by atoms with Crippen molar-refractivity contribution in [2.45, 2.75) is 24.8 Å². The highest BCUT2D eigenvalue weighted by molar-refractivity contribution is 6.00. The van der Waals surface area contributed by atoms with Gasteiger partial charge in [0.05, 0.1) is 0 Å². The number of nitrogens with one attached hydrogen (secondary N) is 1. The number of hydrogen-bond donors (Lipinski definition) is 1. The van der Waals surface area contributed by atoms with Crippen LogP contribution in [0.2, 0.25) is 0 Å². The molecule has 0 spiro atoms. The topological polar surface area (TPSA) is 72.7 Å². The molecule has 2 aromatic heterocycles. The van der Waals surface area contributed by atoms with Gasteiger partial charge in [-0.3, -0.25) is 9.78 Å². The zero-order valence-electron chi connectivity index (χ0n) is 14.3. The van der Waals surface area contributed by atoms with E-state index in [9.17, 15) is 9.18 Å². The van der Waals surface area contributed by atoms with Gasteiger partial charge in [0.15, 0.2) is 5.78 Å². The number of carbonyl (C=O) groups excluding carboxylic acids is 1. The Hall–Kier alpha value is -3.35. The maximum absolute atomic E-state index is 13.3. The Morgan fingerprint density at radius 1 is 1.11 bits per heavy atom. The molecule has 134 valence electrons. The van der Waals surface area contributed by atoms with Gasteiger partial charge in [-0.2, -0.15) is 10.1 Å². The van der Waals surface area contributed by atoms with Crippen LogP contribution < -0.4 is 5.32 Å². The highest BCUT2D eigenvalue weighted by Gasteiger charge is 2.39. The summed E-state index contributed by atoms with van der Waals surface area (Å²) in [5, 5.41) is 7.59. The molecule has 6 nitrogen and oxygen atoms in total. The summed E-state index contributed by atoms with van der Waals surface area (Å²) < 4.78 is 15.0. The summed E-state index contributed by atoms with van der Waals surface area (Å²) >= 11 is 0. The minimum atomic E-state index is -0.339. The number of anilines is 1. The first-order valence-corrected chi connectivity index (χ1v) is 8.79. The van der Waals surface area contributed by atoms with E-state index in [1.165, 1.54) is 18.5 Å². The van der Waals surface area contributed by atoms with E-state index in [1.54, 1.807) is 29.2 Å². The van der Waals surface area contributed by atoms with Crippen molar-refractivity contribution in [3.63, 3.8) is 0 Å². The largest absolute Gasteiger partial charge is 0.328 e. The van der Waals surface area contributed by atoms with Gasteiger partial charge in [0.2, 0.25) is 5.95 Å². The van der Waals surface area contributed by atoms with Crippen molar-refractivity contribution in [3.05, 3.63) is 83.3 Å². The molecular formula is C20H16FN5O. The second-order valence-corrected chi connectivity index (χ2v) is 6.81. The number of rotatable bonds is 2. The molecule has 5 rings (SSSR count). The Balaban J connectivity index is 1.58. The van der Waals surface area contributed by atoms with Crippen molar-refractivity contribution in [3.8, 4) is 0 Å². The van der Waals surface area contributed by atoms with Crippen LogP contribution in [0.1, 0.15) is 35.9 Å². The van der Waals surface area contributed by atoms with E-state index in [1.807, 2.05) is 12.1 Å². The Labute approximate surface area is 154 Å². The number of fused-ring (bicyclic) bond motifs is 1. The van der Waals surface area contributed by atoms with E-state index in [4.69, 9.17) is 0 Å². The minimum Gasteiger partial charge on any atom is -0.328 e. The molecule has 0 radical (unpaired) electrons. The summed E-state index contributed by atoms with van der Waals surface area (Å²) in [6.07, 6.45) is 5.98. The highest BCUT2D eigenvalue weighted by atomic mass is 19.1. The Morgan fingerprint density at radius 3 is 2.74 bits per heavy atom. The van der Waals surface area contributed by atoms with Crippen LogP contribution in [0.25, 0.3) is 0 Å². The van der Waals surface area contributed by atoms with Crippen LogP contribution in [0.5, 0.6) is 0 Å². The Bertz CT molecular complexity index is 1040. The zero-order chi connectivity index (χ0) is 18.4. The Morgan fingerprint density at radius 2 is 1.96 bits per heavy atom. The lowest BCUT2D eigenvalue weighted by Gasteiger charge is -2.35. The third-order valence-corrected chi connectivity index (χ3v) is 5.20. The number of hydrogen-bond acceptors (Lipinski definition) is 5. The summed E-state index contributed by atoms with van der Waals surface area (Å²) in [4.78, 5) is 21.6. The van der Waals surface area contributed by atoms with E-state index in [0.29, 0.717) is 24.4 Å². The third kappa shape index (κ3) is 2.63. The van der Waals surface area contributed by atoms with E-state index in [0.717, 1.165) is 16.8 Å². The van der Waals surface area contributed by atoms with Gasteiger partial charge in [-0.1, -0.05) is 18.2 Å². The molecule has 0 amide bonds. The summed E-state index contributed by atoms with van der Waals surface area (Å²) in [5.41, 5.74) is 3.42. The van der Waals surface area contributed by atoms with Crippen molar-refractivity contribution in [2.24, 2.45) is 0 Å². The van der Waals surface area contributed by atoms with Gasteiger partial charge >= 0.3 is 0 Å². The lowest BCUT2D eigenvalue weighted by atomic mass is 9.78. The molecule has 1 N–H and O–H groups in total. The van der Waals surface area contributed by atoms with Crippen molar-refractivity contribution in [1.29, 1.82) is 0 Å². The van der Waals surface area contributed by atoms with E-state index in [-0.39, 0.29) is 23.6 Å². The first kappa shape index (κ1) is 15.9. The Kier molecular flexibility index (Phi) is 3.60. The number of allylic oxidation sites excluding steroid dienone is 2. The molecule has 3 aromatic rings. The van der Waals surface area contributed by atoms with E-state index < -0.39 is 0 Å². The number of Topliss-reactive ketones (excluding diaryl/α,β-unsaturated/α-hetero) is 1. The average molecular weight is 361 g/mol. The molecule has 2 aliphatic rings. The number of benzene rings is 1. The molecule has 7 heteroatoms. The molecule has 3 heterocycles. The summed E-state index contributed by atoms with van der Waals surface area (Å²) in [5.74, 6) is 0.401. The summed E-state index contributed by atoms with van der Waals surface area (Å²) in [6.45, 7) is 0. The van der Waals surface area contributed by atoms with E-state index in [2.05, 4.69) is 20.4 Å². The maximum atomic E-state index is 13.3. The number of aromatic nitrogens is 4. The SMILES string of the molecule is O=C1CC(c2ccc(F)cc2)CC2=C1C(c1cccnc1)n1ncnc1N2. The molecule has 1 aliphatic heterocycles. The second kappa shape index (κ2) is 6.12. The van der Waals surface area contributed by atoms with Crippen LogP contribution in [0, 0.1) is 5.82 Å². The van der Waals surface area contributed by atoms with Crippen LogP contribution in [0.3, 0.4) is 0 Å². The van der Waals surface area contributed by atoms with Gasteiger partial charge in [0, 0.05) is 30.1 Å². The van der Waals surface area contributed by atoms with Gasteiger partial charge < -0.3 is 5.32 Å². The van der Waals surface area contributed by atoms with E-state index >= 15 is 0 Å². The number of halogens is 1. The van der Waals surface area contributed by atoms with Gasteiger partial charge in [0.1, 0.15) is 18.2 Å². The van der Waals surface area contributed by atoms with Crippen LogP contribution in [0.4, 0.5) is 10.3 Å². The van der Waals surface area contributed by atoms with Crippen molar-refractivity contribution < 1.29 is 9.18 Å². The van der Waals surface area contributed by atoms with Gasteiger partial charge in [-0.25, -0.2) is 9.07 Å². The van der Waals surface area contributed by atoms with Crippen LogP contribution >= 0.6 is 0 Å². The molecule has 2 atom stereocenters. The summed E-state index contributed by atoms with van der Waals surface area (Å²) in [6, 6.07) is 9.83. The molecule has 2 unspecified atom stereocenters. The minimum absolute atomic E-state index is 0.00775. The number of nitrogens with zero attached hydrogens (tertiary/aromatic N) is 4. The average Bonchev–Trinajstić information content (AvgIpc) is 3.15. The fourth-order valence-corrected chi connectivity index (χ4v) is 3.97. The molecule has 0 saturated carbocycles. The predicted octanol–water partition coefficient (Wildman–Crippen LogP) is 3.23. The van der Waals surface area contributed by atoms with Crippen LogP contribution in [-0.4, -0.2) is 25.5 Å². The number of carbonyl (C=O) groups is 1. The van der Waals surface area contributed by atoms with Gasteiger partial charge in [0.25, 0.3) is 0 Å². The summed E-state index contributed by atoms with van der Waals surface area (Å²) in [7, 11) is 0. The fraction of sp³-hybridized carbons (Fsp3) is 0.200. The number of ketones is 1. The van der Waals surface area contributed by atoms with Crippen LogP contribution in [-0.2, 0) is 4.79 Å². The third-order valence-electron chi connectivity index (χ3n) is 5.20. The van der Waals surface area contributed by atoms with Crippen molar-refractivity contribution in [1.82, 2.24) is 19.7 Å². The molecule has 27 heavy (non-hydrogen) atoms.